The number of hydrogen-bond acceptors (Lipinski definition) is 5. The summed E-state index contributed by atoms with van der Waals surface area (Å²) in [5.74, 6) is 0.711. The number of amides is 1. The monoisotopic (exact) mass is 503 g/mol. The van der Waals surface area contributed by atoms with Crippen molar-refractivity contribution >= 4 is 23.3 Å². The number of pyridine rings is 1. The third kappa shape index (κ3) is 5.90. The number of anilines is 1. The van der Waals surface area contributed by atoms with Crippen molar-refractivity contribution in [3.63, 3.8) is 0 Å². The lowest BCUT2D eigenvalue weighted by molar-refractivity contribution is -0.137. The molecule has 1 aliphatic heterocycles. The van der Waals surface area contributed by atoms with E-state index in [1.54, 1.807) is 18.5 Å². The van der Waals surface area contributed by atoms with Crippen LogP contribution in [0.25, 0.3) is 22.5 Å². The molecule has 1 aromatic carbocycles. The molecule has 1 N–H and O–H groups in total. The molecular formula is C25H25ClF3N5O. The molecular weight excluding hydrogens is 479 g/mol. The molecule has 0 radical (unpaired) electrons. The van der Waals surface area contributed by atoms with Gasteiger partial charge in [-0.3, -0.25) is 14.8 Å². The fourth-order valence-corrected chi connectivity index (χ4v) is 4.30. The summed E-state index contributed by atoms with van der Waals surface area (Å²) >= 11 is 6.40. The molecule has 0 aliphatic carbocycles. The maximum Gasteiger partial charge on any atom is 0.416 e. The zero-order valence-corrected chi connectivity index (χ0v) is 19.9. The first-order valence-corrected chi connectivity index (χ1v) is 11.8. The molecule has 35 heavy (non-hydrogen) atoms. The maximum absolute atomic E-state index is 13.0. The zero-order valence-electron chi connectivity index (χ0n) is 19.1. The van der Waals surface area contributed by atoms with E-state index in [0.717, 1.165) is 31.4 Å². The fourth-order valence-electron chi connectivity index (χ4n) is 4.10. The molecule has 1 amide bonds. The summed E-state index contributed by atoms with van der Waals surface area (Å²) in [6, 6.07) is 6.66. The standard InChI is InChI=1S/C25H25ClF3N5O/c1-2-3-22(35)32-18-9-12-34(13-10-18)21-15-31-23(16-4-6-17(7-5-16)25(27,28)29)24(33-21)19-8-11-30-14-20(19)26/h4-8,11,14-15,18H,2-3,9-10,12-13H2,1H3,(H,32,35). The molecule has 4 rings (SSSR count). The molecule has 1 aliphatic rings. The minimum absolute atomic E-state index is 0.0706. The van der Waals surface area contributed by atoms with E-state index in [2.05, 4.69) is 20.2 Å². The van der Waals surface area contributed by atoms with Crippen LogP contribution in [0.15, 0.2) is 48.9 Å². The number of nitrogens with one attached hydrogen (secondary N) is 1. The third-order valence-electron chi connectivity index (χ3n) is 5.93. The quantitative estimate of drug-likeness (QED) is 0.463. The van der Waals surface area contributed by atoms with Crippen molar-refractivity contribution in [2.45, 2.75) is 44.8 Å². The molecule has 0 atom stereocenters. The summed E-state index contributed by atoms with van der Waals surface area (Å²) in [6.45, 7) is 3.35. The van der Waals surface area contributed by atoms with Gasteiger partial charge in [0.1, 0.15) is 11.5 Å². The molecule has 0 spiro atoms. The molecule has 1 fully saturated rings. The van der Waals surface area contributed by atoms with Crippen LogP contribution in [0.3, 0.4) is 0 Å². The van der Waals surface area contributed by atoms with Crippen LogP contribution in [0.2, 0.25) is 5.02 Å². The number of nitrogens with zero attached hydrogens (tertiary/aromatic N) is 4. The molecule has 0 unspecified atom stereocenters. The maximum atomic E-state index is 13.0. The van der Waals surface area contributed by atoms with E-state index in [9.17, 15) is 18.0 Å². The first-order valence-electron chi connectivity index (χ1n) is 11.4. The first-order chi connectivity index (χ1) is 16.8. The number of rotatable bonds is 6. The molecule has 0 bridgehead atoms. The van der Waals surface area contributed by atoms with Crippen LogP contribution in [-0.2, 0) is 11.0 Å². The number of halogens is 4. The van der Waals surface area contributed by atoms with Crippen molar-refractivity contribution in [2.75, 3.05) is 18.0 Å². The lowest BCUT2D eigenvalue weighted by atomic mass is 10.0. The van der Waals surface area contributed by atoms with Crippen LogP contribution in [0, 0.1) is 0 Å². The van der Waals surface area contributed by atoms with E-state index in [4.69, 9.17) is 16.6 Å². The van der Waals surface area contributed by atoms with Gasteiger partial charge in [-0.2, -0.15) is 13.2 Å². The average Bonchev–Trinajstić information content (AvgIpc) is 2.84. The third-order valence-corrected chi connectivity index (χ3v) is 6.24. The molecule has 184 valence electrons. The highest BCUT2D eigenvalue weighted by Crippen LogP contribution is 2.36. The van der Waals surface area contributed by atoms with E-state index < -0.39 is 11.7 Å². The second kappa shape index (κ2) is 10.6. The molecule has 0 saturated carbocycles. The average molecular weight is 504 g/mol. The van der Waals surface area contributed by atoms with Crippen LogP contribution in [0.5, 0.6) is 0 Å². The van der Waals surface area contributed by atoms with Crippen LogP contribution in [0.1, 0.15) is 38.2 Å². The van der Waals surface area contributed by atoms with E-state index in [-0.39, 0.29) is 11.9 Å². The Morgan fingerprint density at radius 1 is 1.11 bits per heavy atom. The van der Waals surface area contributed by atoms with Crippen LogP contribution in [0.4, 0.5) is 19.0 Å². The highest BCUT2D eigenvalue weighted by Gasteiger charge is 2.30. The molecule has 3 heterocycles. The van der Waals surface area contributed by atoms with Crippen molar-refractivity contribution < 1.29 is 18.0 Å². The van der Waals surface area contributed by atoms with Gasteiger partial charge in [-0.15, -0.1) is 0 Å². The van der Waals surface area contributed by atoms with Crippen LogP contribution in [-0.4, -0.2) is 40.0 Å². The van der Waals surface area contributed by atoms with Gasteiger partial charge < -0.3 is 10.2 Å². The Hall–Kier alpha value is -3.20. The minimum atomic E-state index is -4.42. The Kier molecular flexibility index (Phi) is 7.54. The Bertz CT molecular complexity index is 1180. The molecule has 10 heteroatoms. The Balaban J connectivity index is 1.63. The predicted molar refractivity (Wildman–Crippen MR) is 129 cm³/mol. The SMILES string of the molecule is CCCC(=O)NC1CCN(c2cnc(-c3ccc(C(F)(F)F)cc3)c(-c3ccncc3Cl)n2)CC1. The Morgan fingerprint density at radius 3 is 2.46 bits per heavy atom. The summed E-state index contributed by atoms with van der Waals surface area (Å²) in [7, 11) is 0. The molecule has 3 aromatic rings. The van der Waals surface area contributed by atoms with Gasteiger partial charge in [0.2, 0.25) is 5.91 Å². The van der Waals surface area contributed by atoms with Gasteiger partial charge in [0.25, 0.3) is 0 Å². The van der Waals surface area contributed by atoms with Gasteiger partial charge in [-0.05, 0) is 37.5 Å². The number of piperidine rings is 1. The predicted octanol–water partition coefficient (Wildman–Crippen LogP) is 5.76. The first kappa shape index (κ1) is 24.9. The van der Waals surface area contributed by atoms with Gasteiger partial charge in [-0.1, -0.05) is 30.7 Å². The zero-order chi connectivity index (χ0) is 25.0. The summed E-state index contributed by atoms with van der Waals surface area (Å²) in [6.07, 6.45) is 3.17. The molecule has 2 aromatic heterocycles. The summed E-state index contributed by atoms with van der Waals surface area (Å²) in [5, 5.41) is 3.44. The summed E-state index contributed by atoms with van der Waals surface area (Å²) in [5.41, 5.74) is 1.25. The minimum Gasteiger partial charge on any atom is -0.355 e. The Labute approximate surface area is 206 Å². The van der Waals surface area contributed by atoms with Crippen molar-refractivity contribution in [1.82, 2.24) is 20.3 Å². The van der Waals surface area contributed by atoms with E-state index in [1.165, 1.54) is 18.3 Å². The summed E-state index contributed by atoms with van der Waals surface area (Å²) in [4.78, 5) is 27.4. The number of alkyl halides is 3. The number of benzene rings is 1. The van der Waals surface area contributed by atoms with Crippen LogP contribution >= 0.6 is 11.6 Å². The number of hydrogen-bond donors (Lipinski definition) is 1. The van der Waals surface area contributed by atoms with Gasteiger partial charge in [0.05, 0.1) is 22.5 Å². The fraction of sp³-hybridized carbons (Fsp3) is 0.360. The molecule has 1 saturated heterocycles. The van der Waals surface area contributed by atoms with E-state index in [0.29, 0.717) is 52.9 Å². The second-order valence-corrected chi connectivity index (χ2v) is 8.84. The van der Waals surface area contributed by atoms with Crippen molar-refractivity contribution in [3.8, 4) is 22.5 Å². The number of aromatic nitrogens is 3. The second-order valence-electron chi connectivity index (χ2n) is 8.43. The topological polar surface area (TPSA) is 71.0 Å². The Morgan fingerprint density at radius 2 is 1.83 bits per heavy atom. The highest BCUT2D eigenvalue weighted by molar-refractivity contribution is 6.33. The lowest BCUT2D eigenvalue weighted by Gasteiger charge is -2.33. The number of carbonyl (C=O) groups is 1. The van der Waals surface area contributed by atoms with Gasteiger partial charge in [0, 0.05) is 49.1 Å². The normalized spacial score (nSPS) is 14.7. The molecule has 6 nitrogen and oxygen atoms in total. The van der Waals surface area contributed by atoms with Crippen molar-refractivity contribution in [3.05, 3.63) is 59.5 Å². The number of carbonyl (C=O) groups excluding carboxylic acids is 1. The van der Waals surface area contributed by atoms with Gasteiger partial charge >= 0.3 is 6.18 Å². The van der Waals surface area contributed by atoms with Crippen LogP contribution < -0.4 is 10.2 Å². The smallest absolute Gasteiger partial charge is 0.355 e. The van der Waals surface area contributed by atoms with Gasteiger partial charge in [0.15, 0.2) is 0 Å². The summed E-state index contributed by atoms with van der Waals surface area (Å²) < 4.78 is 39.1. The lowest BCUT2D eigenvalue weighted by Crippen LogP contribution is -2.45. The van der Waals surface area contributed by atoms with E-state index in [1.807, 2.05) is 6.92 Å². The van der Waals surface area contributed by atoms with Crippen molar-refractivity contribution in [2.24, 2.45) is 0 Å². The highest BCUT2D eigenvalue weighted by atomic mass is 35.5. The largest absolute Gasteiger partial charge is 0.416 e. The van der Waals surface area contributed by atoms with Gasteiger partial charge in [-0.25, -0.2) is 4.98 Å². The van der Waals surface area contributed by atoms with E-state index >= 15 is 0 Å². The van der Waals surface area contributed by atoms with Crippen molar-refractivity contribution in [1.29, 1.82) is 0 Å².